The van der Waals surface area contributed by atoms with E-state index in [2.05, 4.69) is 25.8 Å². The van der Waals surface area contributed by atoms with Crippen LogP contribution in [0.5, 0.6) is 0 Å². The van der Waals surface area contributed by atoms with Gasteiger partial charge in [0.05, 0.1) is 12.1 Å². The van der Waals surface area contributed by atoms with E-state index in [1.165, 1.54) is 13.2 Å². The second-order valence-electron chi connectivity index (χ2n) is 4.02. The van der Waals surface area contributed by atoms with Crippen molar-refractivity contribution in [2.75, 3.05) is 7.05 Å². The van der Waals surface area contributed by atoms with E-state index in [0.29, 0.717) is 5.56 Å². The van der Waals surface area contributed by atoms with Crippen molar-refractivity contribution in [2.45, 2.75) is 13.5 Å². The van der Waals surface area contributed by atoms with Crippen molar-refractivity contribution in [3.8, 4) is 0 Å². The average Bonchev–Trinajstić information content (AvgIpc) is 2.92. The number of rotatable bonds is 4. The molecule has 0 saturated carbocycles. The van der Waals surface area contributed by atoms with Gasteiger partial charge in [0, 0.05) is 19.4 Å². The van der Waals surface area contributed by atoms with Gasteiger partial charge in [0.15, 0.2) is 0 Å². The van der Waals surface area contributed by atoms with Crippen LogP contribution in [0.2, 0.25) is 0 Å². The van der Waals surface area contributed by atoms with E-state index in [4.69, 9.17) is 4.52 Å². The summed E-state index contributed by atoms with van der Waals surface area (Å²) in [6.45, 7) is 1.88. The molecule has 2 aromatic rings. The van der Waals surface area contributed by atoms with Crippen molar-refractivity contribution in [3.05, 3.63) is 41.3 Å². The number of nitrogens with one attached hydrogen (secondary N) is 2. The van der Waals surface area contributed by atoms with Crippen LogP contribution in [0.4, 0.5) is 0 Å². The van der Waals surface area contributed by atoms with E-state index in [0.717, 1.165) is 5.56 Å². The molecule has 2 rings (SSSR count). The second-order valence-corrected chi connectivity index (χ2v) is 4.02. The summed E-state index contributed by atoms with van der Waals surface area (Å²) in [5.41, 5.74) is 1.33. The molecule has 2 heterocycles. The lowest BCUT2D eigenvalue weighted by molar-refractivity contribution is 0.0938. The average molecular weight is 275 g/mol. The molecule has 0 bridgehead atoms. The SMILES string of the molecule is CNC(=O)c1noc(CNC(=O)c2cncc(C)c2)n1. The molecule has 0 spiro atoms. The lowest BCUT2D eigenvalue weighted by Crippen LogP contribution is -2.23. The fourth-order valence-electron chi connectivity index (χ4n) is 1.47. The Morgan fingerprint density at radius 1 is 1.30 bits per heavy atom. The first-order valence-electron chi connectivity index (χ1n) is 5.84. The van der Waals surface area contributed by atoms with Crippen LogP contribution in [-0.2, 0) is 6.54 Å². The molecule has 0 aromatic carbocycles. The molecule has 0 aliphatic heterocycles. The molecule has 2 amide bonds. The van der Waals surface area contributed by atoms with Crippen LogP contribution in [-0.4, -0.2) is 34.0 Å². The number of hydrogen-bond donors (Lipinski definition) is 2. The van der Waals surface area contributed by atoms with Gasteiger partial charge in [-0.1, -0.05) is 5.16 Å². The van der Waals surface area contributed by atoms with Gasteiger partial charge < -0.3 is 15.2 Å². The highest BCUT2D eigenvalue weighted by molar-refractivity contribution is 5.94. The summed E-state index contributed by atoms with van der Waals surface area (Å²) in [6, 6.07) is 1.71. The Bertz CT molecular complexity index is 638. The third-order valence-corrected chi connectivity index (χ3v) is 2.44. The molecule has 2 aromatic heterocycles. The van der Waals surface area contributed by atoms with Gasteiger partial charge in [0.1, 0.15) is 0 Å². The van der Waals surface area contributed by atoms with Crippen LogP contribution in [0.15, 0.2) is 23.0 Å². The lowest BCUT2D eigenvalue weighted by Gasteiger charge is -2.02. The van der Waals surface area contributed by atoms with E-state index in [1.54, 1.807) is 12.3 Å². The Morgan fingerprint density at radius 3 is 2.80 bits per heavy atom. The van der Waals surface area contributed by atoms with E-state index >= 15 is 0 Å². The smallest absolute Gasteiger partial charge is 0.292 e. The standard InChI is InChI=1S/C12H13N5O3/c1-7-3-8(5-14-4-7)11(18)15-6-9-16-10(17-20-9)12(19)13-2/h3-5H,6H2,1-2H3,(H,13,19)(H,15,18). The number of amides is 2. The molecule has 0 saturated heterocycles. The van der Waals surface area contributed by atoms with Crippen molar-refractivity contribution in [1.29, 1.82) is 0 Å². The molecule has 104 valence electrons. The molecule has 8 heteroatoms. The lowest BCUT2D eigenvalue weighted by atomic mass is 10.2. The minimum Gasteiger partial charge on any atom is -0.352 e. The van der Waals surface area contributed by atoms with Gasteiger partial charge in [-0.15, -0.1) is 0 Å². The predicted octanol–water partition coefficient (Wildman–Crippen LogP) is 0.0626. The number of hydrogen-bond acceptors (Lipinski definition) is 6. The summed E-state index contributed by atoms with van der Waals surface area (Å²) >= 11 is 0. The molecule has 8 nitrogen and oxygen atoms in total. The van der Waals surface area contributed by atoms with Crippen LogP contribution in [0.25, 0.3) is 0 Å². The zero-order valence-electron chi connectivity index (χ0n) is 11.0. The van der Waals surface area contributed by atoms with Crippen molar-refractivity contribution < 1.29 is 14.1 Å². The molecular weight excluding hydrogens is 262 g/mol. The monoisotopic (exact) mass is 275 g/mol. The first-order valence-corrected chi connectivity index (χ1v) is 5.84. The summed E-state index contributed by atoms with van der Waals surface area (Å²) in [5, 5.41) is 8.47. The maximum absolute atomic E-state index is 11.8. The Balaban J connectivity index is 1.97. The van der Waals surface area contributed by atoms with Gasteiger partial charge >= 0.3 is 0 Å². The molecule has 0 aliphatic carbocycles. The zero-order chi connectivity index (χ0) is 14.5. The fourth-order valence-corrected chi connectivity index (χ4v) is 1.47. The van der Waals surface area contributed by atoms with Crippen LogP contribution >= 0.6 is 0 Å². The van der Waals surface area contributed by atoms with Crippen molar-refractivity contribution >= 4 is 11.8 Å². The highest BCUT2D eigenvalue weighted by Gasteiger charge is 2.14. The molecule has 2 N–H and O–H groups in total. The van der Waals surface area contributed by atoms with Crippen molar-refractivity contribution in [1.82, 2.24) is 25.8 Å². The van der Waals surface area contributed by atoms with Gasteiger partial charge in [0.2, 0.25) is 5.89 Å². The number of pyridine rings is 1. The number of nitrogens with zero attached hydrogens (tertiary/aromatic N) is 3. The highest BCUT2D eigenvalue weighted by atomic mass is 16.5. The first kappa shape index (κ1) is 13.7. The summed E-state index contributed by atoms with van der Waals surface area (Å²) in [5.74, 6) is -0.679. The van der Waals surface area contributed by atoms with Gasteiger partial charge in [-0.3, -0.25) is 14.6 Å². The first-order chi connectivity index (χ1) is 9.60. The van der Waals surface area contributed by atoms with Crippen LogP contribution in [0, 0.1) is 6.92 Å². The van der Waals surface area contributed by atoms with E-state index < -0.39 is 5.91 Å². The van der Waals surface area contributed by atoms with Crippen LogP contribution in [0.3, 0.4) is 0 Å². The highest BCUT2D eigenvalue weighted by Crippen LogP contribution is 2.02. The van der Waals surface area contributed by atoms with Gasteiger partial charge in [-0.05, 0) is 18.6 Å². The molecule has 0 radical (unpaired) electrons. The van der Waals surface area contributed by atoms with Gasteiger partial charge in [0.25, 0.3) is 17.6 Å². The fraction of sp³-hybridized carbons (Fsp3) is 0.250. The number of aromatic nitrogens is 3. The Kier molecular flexibility index (Phi) is 4.04. The minimum atomic E-state index is -0.450. The molecule has 0 atom stereocenters. The zero-order valence-corrected chi connectivity index (χ0v) is 11.0. The maximum atomic E-state index is 11.8. The topological polar surface area (TPSA) is 110 Å². The Labute approximate surface area is 114 Å². The van der Waals surface area contributed by atoms with Crippen LogP contribution < -0.4 is 10.6 Å². The normalized spacial score (nSPS) is 10.1. The van der Waals surface area contributed by atoms with Gasteiger partial charge in [-0.25, -0.2) is 0 Å². The predicted molar refractivity (Wildman–Crippen MR) is 67.8 cm³/mol. The molecular formula is C12H13N5O3. The third-order valence-electron chi connectivity index (χ3n) is 2.44. The number of carbonyl (C=O) groups excluding carboxylic acids is 2. The summed E-state index contributed by atoms with van der Waals surface area (Å²) < 4.78 is 4.85. The van der Waals surface area contributed by atoms with Gasteiger partial charge in [-0.2, -0.15) is 4.98 Å². The Morgan fingerprint density at radius 2 is 2.10 bits per heavy atom. The largest absolute Gasteiger partial charge is 0.352 e. The molecule has 0 fully saturated rings. The minimum absolute atomic E-state index is 0.0385. The van der Waals surface area contributed by atoms with Crippen molar-refractivity contribution in [3.63, 3.8) is 0 Å². The van der Waals surface area contributed by atoms with E-state index in [9.17, 15) is 9.59 Å². The summed E-state index contributed by atoms with van der Waals surface area (Å²) in [7, 11) is 1.46. The Hall–Kier alpha value is -2.77. The van der Waals surface area contributed by atoms with E-state index in [-0.39, 0.29) is 24.2 Å². The maximum Gasteiger partial charge on any atom is 0.292 e. The third kappa shape index (κ3) is 3.16. The summed E-state index contributed by atoms with van der Waals surface area (Å²) in [6.07, 6.45) is 3.12. The van der Waals surface area contributed by atoms with Crippen molar-refractivity contribution in [2.24, 2.45) is 0 Å². The molecule has 0 unspecified atom stereocenters. The molecule has 0 aliphatic rings. The number of aryl methyl sites for hydroxylation is 1. The molecule has 20 heavy (non-hydrogen) atoms. The van der Waals surface area contributed by atoms with E-state index in [1.807, 2.05) is 6.92 Å². The quantitative estimate of drug-likeness (QED) is 0.816. The second kappa shape index (κ2) is 5.91. The van der Waals surface area contributed by atoms with Crippen LogP contribution in [0.1, 0.15) is 32.4 Å². The number of carbonyl (C=O) groups is 2. The summed E-state index contributed by atoms with van der Waals surface area (Å²) in [4.78, 5) is 30.9.